The Bertz CT molecular complexity index is 974. The summed E-state index contributed by atoms with van der Waals surface area (Å²) < 4.78 is 26.3. The summed E-state index contributed by atoms with van der Waals surface area (Å²) >= 11 is 11.8. The van der Waals surface area contributed by atoms with Crippen molar-refractivity contribution in [2.24, 2.45) is 4.99 Å². The van der Waals surface area contributed by atoms with Crippen molar-refractivity contribution in [3.05, 3.63) is 63.6 Å². The Morgan fingerprint density at radius 3 is 2.68 bits per heavy atom. The third-order valence-electron chi connectivity index (χ3n) is 3.51. The molecule has 0 radical (unpaired) electrons. The van der Waals surface area contributed by atoms with Crippen LogP contribution in [-0.2, 0) is 10.0 Å². The van der Waals surface area contributed by atoms with Crippen LogP contribution in [0, 0.1) is 0 Å². The van der Waals surface area contributed by atoms with Gasteiger partial charge in [0.05, 0.1) is 22.0 Å². The summed E-state index contributed by atoms with van der Waals surface area (Å²) in [5.41, 5.74) is 0.834. The van der Waals surface area contributed by atoms with Crippen LogP contribution in [0.4, 0.5) is 0 Å². The van der Waals surface area contributed by atoms with Gasteiger partial charge in [-0.15, -0.1) is 0 Å². The van der Waals surface area contributed by atoms with Crippen molar-refractivity contribution >= 4 is 45.0 Å². The molecule has 0 atom stereocenters. The molecule has 1 aliphatic heterocycles. The van der Waals surface area contributed by atoms with Gasteiger partial charge >= 0.3 is 0 Å². The number of fused-ring (bicyclic) bond motifs is 1. The van der Waals surface area contributed by atoms with E-state index in [0.717, 1.165) is 0 Å². The zero-order valence-electron chi connectivity index (χ0n) is 12.8. The van der Waals surface area contributed by atoms with Gasteiger partial charge in [0.2, 0.25) is 0 Å². The number of nitrogens with zero attached hydrogens (tertiary/aromatic N) is 1. The smallest absolute Gasteiger partial charge is 0.263 e. The van der Waals surface area contributed by atoms with E-state index >= 15 is 0 Å². The van der Waals surface area contributed by atoms with Gasteiger partial charge in [-0.05, 0) is 30.3 Å². The van der Waals surface area contributed by atoms with Crippen molar-refractivity contribution < 1.29 is 13.2 Å². The zero-order valence-corrected chi connectivity index (χ0v) is 15.1. The van der Waals surface area contributed by atoms with Gasteiger partial charge in [-0.3, -0.25) is 14.5 Å². The standard InChI is InChI=1S/C16H13Cl2N3O3S/c17-10-5-6-11(13(18)9-10)16(22)20-8-7-19-15-12-3-1-2-4-14(12)25(23,24)21-15/h1-6,9H,7-8H2,(H,19,21)(H,20,22). The summed E-state index contributed by atoms with van der Waals surface area (Å²) in [6, 6.07) is 11.2. The predicted molar refractivity (Wildman–Crippen MR) is 97.0 cm³/mol. The van der Waals surface area contributed by atoms with E-state index in [1.807, 2.05) is 0 Å². The van der Waals surface area contributed by atoms with Crippen LogP contribution in [0.3, 0.4) is 0 Å². The molecule has 1 heterocycles. The third-order valence-corrected chi connectivity index (χ3v) is 5.45. The van der Waals surface area contributed by atoms with Crippen LogP contribution in [0.25, 0.3) is 0 Å². The van der Waals surface area contributed by atoms with Gasteiger partial charge in [0, 0.05) is 17.1 Å². The van der Waals surface area contributed by atoms with Crippen LogP contribution >= 0.6 is 23.2 Å². The second-order valence-corrected chi connectivity index (χ2v) is 7.71. The molecule has 2 aromatic carbocycles. The molecule has 0 unspecified atom stereocenters. The molecule has 0 saturated heterocycles. The van der Waals surface area contributed by atoms with Crippen LogP contribution in [-0.4, -0.2) is 33.3 Å². The molecular weight excluding hydrogens is 385 g/mol. The number of hydrogen-bond donors (Lipinski definition) is 2. The number of carbonyl (C=O) groups is 1. The summed E-state index contributed by atoms with van der Waals surface area (Å²) in [6.45, 7) is 0.439. The lowest BCUT2D eigenvalue weighted by Crippen LogP contribution is -2.28. The van der Waals surface area contributed by atoms with Crippen molar-refractivity contribution in [1.82, 2.24) is 10.0 Å². The van der Waals surface area contributed by atoms with Crippen molar-refractivity contribution in [3.8, 4) is 0 Å². The third kappa shape index (κ3) is 3.78. The number of halogens is 2. The maximum Gasteiger partial charge on any atom is 0.263 e. The minimum Gasteiger partial charge on any atom is -0.350 e. The molecular formula is C16H13Cl2N3O3S. The fraction of sp³-hybridized carbons (Fsp3) is 0.125. The molecule has 0 bridgehead atoms. The average Bonchev–Trinajstić information content (AvgIpc) is 2.83. The number of rotatable bonds is 4. The van der Waals surface area contributed by atoms with Crippen LogP contribution in [0.5, 0.6) is 0 Å². The normalized spacial score (nSPS) is 16.3. The molecule has 25 heavy (non-hydrogen) atoms. The summed E-state index contributed by atoms with van der Waals surface area (Å²) in [4.78, 5) is 16.5. The number of amidine groups is 1. The van der Waals surface area contributed by atoms with Gasteiger partial charge in [-0.1, -0.05) is 35.3 Å². The van der Waals surface area contributed by atoms with E-state index in [2.05, 4.69) is 15.0 Å². The highest BCUT2D eigenvalue weighted by atomic mass is 35.5. The Hall–Kier alpha value is -2.09. The first-order valence-electron chi connectivity index (χ1n) is 7.28. The second-order valence-electron chi connectivity index (χ2n) is 5.21. The Kier molecular flexibility index (Phi) is 4.99. The maximum absolute atomic E-state index is 12.1. The van der Waals surface area contributed by atoms with Gasteiger partial charge in [0.25, 0.3) is 15.9 Å². The van der Waals surface area contributed by atoms with E-state index in [9.17, 15) is 13.2 Å². The van der Waals surface area contributed by atoms with E-state index in [1.165, 1.54) is 18.2 Å². The quantitative estimate of drug-likeness (QED) is 0.776. The number of carbonyl (C=O) groups excluding carboxylic acids is 1. The van der Waals surface area contributed by atoms with E-state index in [1.54, 1.807) is 24.3 Å². The fourth-order valence-electron chi connectivity index (χ4n) is 2.36. The first kappa shape index (κ1) is 17.7. The zero-order chi connectivity index (χ0) is 18.0. The van der Waals surface area contributed by atoms with Gasteiger partial charge in [0.15, 0.2) is 0 Å². The fourth-order valence-corrected chi connectivity index (χ4v) is 4.10. The van der Waals surface area contributed by atoms with E-state index in [0.29, 0.717) is 16.1 Å². The lowest BCUT2D eigenvalue weighted by Gasteiger charge is -2.06. The SMILES string of the molecule is O=C(NCCN=C1NS(=O)(=O)c2ccccc21)c1ccc(Cl)cc1Cl. The minimum absolute atomic E-state index is 0.200. The summed E-state index contributed by atoms with van der Waals surface area (Å²) in [5.74, 6) is -0.0800. The van der Waals surface area contributed by atoms with E-state index in [-0.39, 0.29) is 34.8 Å². The number of nitrogens with one attached hydrogen (secondary N) is 2. The number of benzene rings is 2. The van der Waals surface area contributed by atoms with E-state index < -0.39 is 10.0 Å². The molecule has 1 aliphatic rings. The number of sulfonamides is 1. The Morgan fingerprint density at radius 1 is 1.16 bits per heavy atom. The highest BCUT2D eigenvalue weighted by Gasteiger charge is 2.29. The molecule has 0 aromatic heterocycles. The molecule has 3 rings (SSSR count). The molecule has 130 valence electrons. The molecule has 0 saturated carbocycles. The summed E-state index contributed by atoms with van der Waals surface area (Å²) in [6.07, 6.45) is 0. The van der Waals surface area contributed by atoms with Crippen molar-refractivity contribution in [1.29, 1.82) is 0 Å². The molecule has 0 spiro atoms. The summed E-state index contributed by atoms with van der Waals surface area (Å²) in [5, 5.41) is 3.38. The van der Waals surface area contributed by atoms with Gasteiger partial charge in [-0.25, -0.2) is 8.42 Å². The Balaban J connectivity index is 1.64. The minimum atomic E-state index is -3.56. The van der Waals surface area contributed by atoms with Crippen molar-refractivity contribution in [3.63, 3.8) is 0 Å². The van der Waals surface area contributed by atoms with Crippen molar-refractivity contribution in [2.75, 3.05) is 13.1 Å². The topological polar surface area (TPSA) is 87.6 Å². The van der Waals surface area contributed by atoms with Crippen LogP contribution in [0.15, 0.2) is 52.4 Å². The molecule has 0 fully saturated rings. The second kappa shape index (κ2) is 7.03. The molecule has 0 aliphatic carbocycles. The molecule has 6 nitrogen and oxygen atoms in total. The first-order chi connectivity index (χ1) is 11.9. The molecule has 1 amide bonds. The predicted octanol–water partition coefficient (Wildman–Crippen LogP) is 2.46. The lowest BCUT2D eigenvalue weighted by molar-refractivity contribution is 0.0955. The van der Waals surface area contributed by atoms with E-state index in [4.69, 9.17) is 23.2 Å². The molecule has 9 heteroatoms. The Labute approximate surface area is 154 Å². The van der Waals surface area contributed by atoms with Crippen LogP contribution < -0.4 is 10.0 Å². The number of aliphatic imine (C=N–C) groups is 1. The Morgan fingerprint density at radius 2 is 1.92 bits per heavy atom. The van der Waals surface area contributed by atoms with Crippen LogP contribution in [0.2, 0.25) is 10.0 Å². The van der Waals surface area contributed by atoms with Crippen LogP contribution in [0.1, 0.15) is 15.9 Å². The number of amides is 1. The lowest BCUT2D eigenvalue weighted by atomic mass is 10.2. The highest BCUT2D eigenvalue weighted by Crippen LogP contribution is 2.22. The molecule has 2 N–H and O–H groups in total. The van der Waals surface area contributed by atoms with Crippen molar-refractivity contribution in [2.45, 2.75) is 4.90 Å². The molecule has 2 aromatic rings. The highest BCUT2D eigenvalue weighted by molar-refractivity contribution is 7.90. The summed E-state index contributed by atoms with van der Waals surface area (Å²) in [7, 11) is -3.56. The maximum atomic E-state index is 12.1. The number of hydrogen-bond acceptors (Lipinski definition) is 4. The first-order valence-corrected chi connectivity index (χ1v) is 9.52. The van der Waals surface area contributed by atoms with Gasteiger partial charge < -0.3 is 5.32 Å². The monoisotopic (exact) mass is 397 g/mol. The average molecular weight is 398 g/mol. The van der Waals surface area contributed by atoms with Gasteiger partial charge in [0.1, 0.15) is 5.84 Å². The van der Waals surface area contributed by atoms with Gasteiger partial charge in [-0.2, -0.15) is 0 Å². The largest absolute Gasteiger partial charge is 0.350 e.